The molecule has 0 amide bonds. The van der Waals surface area contributed by atoms with Gasteiger partial charge in [0.15, 0.2) is 0 Å². The van der Waals surface area contributed by atoms with E-state index in [1.54, 1.807) is 0 Å². The van der Waals surface area contributed by atoms with E-state index in [0.29, 0.717) is 17.9 Å². The highest BCUT2D eigenvalue weighted by Crippen LogP contribution is 2.25. The first kappa shape index (κ1) is 15.8. The molecule has 0 aliphatic carbocycles. The third kappa shape index (κ3) is 4.70. The molecule has 0 atom stereocenters. The number of rotatable bonds is 6. The average Bonchev–Trinajstić information content (AvgIpc) is 2.38. The summed E-state index contributed by atoms with van der Waals surface area (Å²) in [6.45, 7) is 10.3. The fraction of sp³-hybridized carbons (Fsp3) is 0.786. The fourth-order valence-electron chi connectivity index (χ4n) is 2.13. The highest BCUT2D eigenvalue weighted by atomic mass is 16.5. The molecule has 1 aromatic rings. The molecular formula is C14H25N5O2. The van der Waals surface area contributed by atoms with Gasteiger partial charge < -0.3 is 20.1 Å². The maximum Gasteiger partial charge on any atom is 0.323 e. The summed E-state index contributed by atoms with van der Waals surface area (Å²) in [5.41, 5.74) is -0.0574. The van der Waals surface area contributed by atoms with Crippen LogP contribution in [-0.4, -0.2) is 46.4 Å². The second-order valence-electron chi connectivity index (χ2n) is 5.76. The van der Waals surface area contributed by atoms with E-state index >= 15 is 0 Å². The fourth-order valence-corrected chi connectivity index (χ4v) is 2.13. The average molecular weight is 295 g/mol. The molecule has 0 spiro atoms. The standard InChI is InChI=1S/C14H25N5O2/c1-5-15-11-16-12(18-13(17-11)21-10(2)3)19-14(4)6-8-20-9-7-14/h10H,5-9H2,1-4H3,(H2,15,16,17,18,19). The number of nitrogens with zero attached hydrogens (tertiary/aromatic N) is 3. The Labute approximate surface area is 125 Å². The third-order valence-electron chi connectivity index (χ3n) is 3.30. The highest BCUT2D eigenvalue weighted by molar-refractivity contribution is 5.38. The van der Waals surface area contributed by atoms with E-state index in [1.165, 1.54) is 0 Å². The Morgan fingerprint density at radius 1 is 1.19 bits per heavy atom. The quantitative estimate of drug-likeness (QED) is 0.831. The maximum absolute atomic E-state index is 5.60. The van der Waals surface area contributed by atoms with Crippen LogP contribution in [0.2, 0.25) is 0 Å². The van der Waals surface area contributed by atoms with Crippen LogP contribution in [0.3, 0.4) is 0 Å². The van der Waals surface area contributed by atoms with Gasteiger partial charge in [-0.05, 0) is 40.5 Å². The molecule has 7 heteroatoms. The van der Waals surface area contributed by atoms with Gasteiger partial charge >= 0.3 is 6.01 Å². The Bertz CT molecular complexity index is 461. The van der Waals surface area contributed by atoms with Gasteiger partial charge in [0.1, 0.15) is 0 Å². The van der Waals surface area contributed by atoms with Gasteiger partial charge in [0.25, 0.3) is 0 Å². The summed E-state index contributed by atoms with van der Waals surface area (Å²) in [5.74, 6) is 1.07. The summed E-state index contributed by atoms with van der Waals surface area (Å²) in [4.78, 5) is 13.0. The monoisotopic (exact) mass is 295 g/mol. The minimum Gasteiger partial charge on any atom is -0.461 e. The first-order chi connectivity index (χ1) is 10.0. The van der Waals surface area contributed by atoms with Crippen molar-refractivity contribution in [2.75, 3.05) is 30.4 Å². The van der Waals surface area contributed by atoms with E-state index in [4.69, 9.17) is 9.47 Å². The number of ether oxygens (including phenoxy) is 2. The minimum absolute atomic E-state index is 0.0217. The van der Waals surface area contributed by atoms with Crippen molar-refractivity contribution in [2.45, 2.75) is 52.2 Å². The van der Waals surface area contributed by atoms with Crippen LogP contribution in [0.4, 0.5) is 11.9 Å². The smallest absolute Gasteiger partial charge is 0.323 e. The van der Waals surface area contributed by atoms with Gasteiger partial charge in [-0.1, -0.05) is 0 Å². The lowest BCUT2D eigenvalue weighted by Crippen LogP contribution is -2.41. The second kappa shape index (κ2) is 6.89. The second-order valence-corrected chi connectivity index (χ2v) is 5.76. The molecular weight excluding hydrogens is 270 g/mol. The van der Waals surface area contributed by atoms with Crippen LogP contribution in [0.15, 0.2) is 0 Å². The Hall–Kier alpha value is -1.63. The van der Waals surface area contributed by atoms with Crippen molar-refractivity contribution in [1.82, 2.24) is 15.0 Å². The van der Waals surface area contributed by atoms with Gasteiger partial charge in [0, 0.05) is 25.3 Å². The van der Waals surface area contributed by atoms with Crippen LogP contribution in [0.25, 0.3) is 0 Å². The Balaban J connectivity index is 2.18. The van der Waals surface area contributed by atoms with Gasteiger partial charge in [-0.15, -0.1) is 0 Å². The normalized spacial score (nSPS) is 17.6. The van der Waals surface area contributed by atoms with Crippen molar-refractivity contribution in [3.63, 3.8) is 0 Å². The van der Waals surface area contributed by atoms with Crippen LogP contribution >= 0.6 is 0 Å². The van der Waals surface area contributed by atoms with Crippen molar-refractivity contribution in [2.24, 2.45) is 0 Å². The topological polar surface area (TPSA) is 81.2 Å². The SMILES string of the molecule is CCNc1nc(NC2(C)CCOCC2)nc(OC(C)C)n1. The summed E-state index contributed by atoms with van der Waals surface area (Å²) < 4.78 is 11.0. The van der Waals surface area contributed by atoms with Gasteiger partial charge in [-0.25, -0.2) is 0 Å². The van der Waals surface area contributed by atoms with Gasteiger partial charge in [0.05, 0.1) is 6.10 Å². The van der Waals surface area contributed by atoms with Crippen molar-refractivity contribution in [3.05, 3.63) is 0 Å². The first-order valence-electron chi connectivity index (χ1n) is 7.53. The van der Waals surface area contributed by atoms with Crippen molar-refractivity contribution in [1.29, 1.82) is 0 Å². The van der Waals surface area contributed by atoms with E-state index < -0.39 is 0 Å². The molecule has 2 heterocycles. The van der Waals surface area contributed by atoms with Crippen LogP contribution in [0.5, 0.6) is 6.01 Å². The molecule has 2 N–H and O–H groups in total. The number of hydrogen-bond acceptors (Lipinski definition) is 7. The van der Waals surface area contributed by atoms with Crippen LogP contribution in [-0.2, 0) is 4.74 Å². The predicted molar refractivity (Wildman–Crippen MR) is 81.8 cm³/mol. The van der Waals surface area contributed by atoms with Crippen molar-refractivity contribution in [3.8, 4) is 6.01 Å². The zero-order chi connectivity index (χ0) is 15.3. The number of aromatic nitrogens is 3. The predicted octanol–water partition coefficient (Wildman–Crippen LogP) is 2.07. The van der Waals surface area contributed by atoms with Gasteiger partial charge in [0.2, 0.25) is 11.9 Å². The molecule has 2 rings (SSSR count). The minimum atomic E-state index is -0.0574. The molecule has 21 heavy (non-hydrogen) atoms. The van der Waals surface area contributed by atoms with E-state index in [0.717, 1.165) is 32.6 Å². The number of hydrogen-bond donors (Lipinski definition) is 2. The first-order valence-corrected chi connectivity index (χ1v) is 7.53. The lowest BCUT2D eigenvalue weighted by atomic mass is 9.93. The molecule has 0 saturated carbocycles. The van der Waals surface area contributed by atoms with E-state index in [-0.39, 0.29) is 11.6 Å². The molecule has 1 fully saturated rings. The Morgan fingerprint density at radius 3 is 2.48 bits per heavy atom. The zero-order valence-corrected chi connectivity index (χ0v) is 13.3. The van der Waals surface area contributed by atoms with Crippen LogP contribution < -0.4 is 15.4 Å². The van der Waals surface area contributed by atoms with Crippen LogP contribution in [0.1, 0.15) is 40.5 Å². The lowest BCUT2D eigenvalue weighted by molar-refractivity contribution is 0.0655. The molecule has 118 valence electrons. The van der Waals surface area contributed by atoms with Crippen molar-refractivity contribution >= 4 is 11.9 Å². The molecule has 1 saturated heterocycles. The largest absolute Gasteiger partial charge is 0.461 e. The zero-order valence-electron chi connectivity index (χ0n) is 13.3. The Kier molecular flexibility index (Phi) is 5.17. The van der Waals surface area contributed by atoms with Gasteiger partial charge in [-0.3, -0.25) is 0 Å². The van der Waals surface area contributed by atoms with E-state index in [1.807, 2.05) is 20.8 Å². The summed E-state index contributed by atoms with van der Waals surface area (Å²) >= 11 is 0. The summed E-state index contributed by atoms with van der Waals surface area (Å²) in [6.07, 6.45) is 1.87. The molecule has 7 nitrogen and oxygen atoms in total. The maximum atomic E-state index is 5.60. The lowest BCUT2D eigenvalue weighted by Gasteiger charge is -2.34. The summed E-state index contributed by atoms with van der Waals surface area (Å²) in [5, 5.41) is 6.51. The Morgan fingerprint density at radius 2 is 1.86 bits per heavy atom. The van der Waals surface area contributed by atoms with Crippen molar-refractivity contribution < 1.29 is 9.47 Å². The molecule has 1 aliphatic rings. The number of anilines is 2. The van der Waals surface area contributed by atoms with Crippen LogP contribution in [0, 0.1) is 0 Å². The summed E-state index contributed by atoms with van der Waals surface area (Å²) in [7, 11) is 0. The van der Waals surface area contributed by atoms with E-state index in [9.17, 15) is 0 Å². The molecule has 0 bridgehead atoms. The van der Waals surface area contributed by atoms with Gasteiger partial charge in [-0.2, -0.15) is 15.0 Å². The summed E-state index contributed by atoms with van der Waals surface area (Å²) in [6, 6.07) is 0.342. The third-order valence-corrected chi connectivity index (χ3v) is 3.30. The van der Waals surface area contributed by atoms with E-state index in [2.05, 4.69) is 32.5 Å². The molecule has 0 aromatic carbocycles. The highest BCUT2D eigenvalue weighted by Gasteiger charge is 2.28. The molecule has 1 aromatic heterocycles. The number of nitrogens with one attached hydrogen (secondary N) is 2. The molecule has 0 radical (unpaired) electrons. The molecule has 0 unspecified atom stereocenters. The molecule has 1 aliphatic heterocycles.